The van der Waals surface area contributed by atoms with Gasteiger partial charge in [-0.2, -0.15) is 0 Å². The summed E-state index contributed by atoms with van der Waals surface area (Å²) >= 11 is 0. The van der Waals surface area contributed by atoms with E-state index in [1.165, 1.54) is 0 Å². The lowest BCUT2D eigenvalue weighted by Gasteiger charge is -1.96. The average molecular weight is 144 g/mol. The molecule has 0 saturated heterocycles. The molecule has 6 nitrogen and oxygen atoms in total. The Kier molecular flexibility index (Phi) is 40.5. The number of hydrogen-bond acceptors (Lipinski definition) is 3. The Morgan fingerprint density at radius 1 is 1.22 bits per heavy atom. The highest BCUT2D eigenvalue weighted by Gasteiger charge is 1.87. The normalized spacial score (nSPS) is 9.67. The molecule has 0 aliphatic carbocycles. The zero-order valence-corrected chi connectivity index (χ0v) is 5.09. The van der Waals surface area contributed by atoms with E-state index in [4.69, 9.17) is 16.6 Å². The van der Waals surface area contributed by atoms with Crippen molar-refractivity contribution in [3.05, 3.63) is 0 Å². The molecular weight excluding hydrogens is 128 g/mol. The molecule has 0 rings (SSSR count). The number of nitrogens with two attached hydrogens (primary N) is 2. The highest BCUT2D eigenvalue weighted by Crippen LogP contribution is 1.72. The molecule has 11 N–H and O–H groups in total. The van der Waals surface area contributed by atoms with Crippen molar-refractivity contribution in [3.8, 4) is 0 Å². The Morgan fingerprint density at radius 2 is 1.56 bits per heavy atom. The van der Waals surface area contributed by atoms with E-state index in [0.29, 0.717) is 13.0 Å². The second kappa shape index (κ2) is 15.7. The molecule has 0 aromatic rings. The van der Waals surface area contributed by atoms with Crippen molar-refractivity contribution >= 4 is 0 Å². The topological polar surface area (TPSA) is 167 Å². The van der Waals surface area contributed by atoms with Gasteiger partial charge in [0.15, 0.2) is 0 Å². The molecule has 0 aliphatic rings. The third-order valence-corrected chi connectivity index (χ3v) is 0.462. The number of hydrogen-bond donors (Lipinski definition) is 3. The minimum atomic E-state index is -0.727. The minimum absolute atomic E-state index is 0. The molecule has 0 spiro atoms. The fraction of sp³-hybridized carbons (Fsp3) is 1.00. The van der Waals surface area contributed by atoms with E-state index in [1.54, 1.807) is 0 Å². The largest absolute Gasteiger partial charge is 0.412 e. The van der Waals surface area contributed by atoms with Gasteiger partial charge >= 0.3 is 0 Å². The highest BCUT2D eigenvalue weighted by atomic mass is 16.3. The molecule has 0 aliphatic heterocycles. The average Bonchev–Trinajstić information content (AvgIpc) is 1.35. The summed E-state index contributed by atoms with van der Waals surface area (Å²) in [5, 5.41) is 8.25. The van der Waals surface area contributed by atoms with Crippen molar-refractivity contribution in [2.45, 2.75) is 12.6 Å². The van der Waals surface area contributed by atoms with Gasteiger partial charge in [-0.25, -0.2) is 0 Å². The van der Waals surface area contributed by atoms with Crippen molar-refractivity contribution in [2.24, 2.45) is 11.5 Å². The predicted octanol–water partition coefficient (Wildman–Crippen LogP) is -3.86. The highest BCUT2D eigenvalue weighted by molar-refractivity contribution is 4.41. The first kappa shape index (κ1) is 23.3. The molecule has 9 heavy (non-hydrogen) atoms. The molecule has 0 amide bonds. The van der Waals surface area contributed by atoms with Crippen molar-refractivity contribution in [1.82, 2.24) is 0 Å². The van der Waals surface area contributed by atoms with Crippen LogP contribution < -0.4 is 11.5 Å². The first-order valence-electron chi connectivity index (χ1n) is 1.91. The van der Waals surface area contributed by atoms with Crippen molar-refractivity contribution in [2.75, 3.05) is 6.54 Å². The van der Waals surface area contributed by atoms with Crippen LogP contribution in [0.2, 0.25) is 0 Å². The molecule has 1 atom stereocenters. The maximum atomic E-state index is 8.25. The SMILES string of the molecule is NCCC(N)O.O.O.O. The zero-order chi connectivity index (χ0) is 4.99. The van der Waals surface area contributed by atoms with E-state index in [0.717, 1.165) is 0 Å². The summed E-state index contributed by atoms with van der Waals surface area (Å²) < 4.78 is 0. The van der Waals surface area contributed by atoms with E-state index in [1.807, 2.05) is 0 Å². The number of aliphatic hydroxyl groups excluding tert-OH is 1. The maximum absolute atomic E-state index is 8.25. The summed E-state index contributed by atoms with van der Waals surface area (Å²) in [4.78, 5) is 0. The van der Waals surface area contributed by atoms with Crippen LogP contribution in [0.15, 0.2) is 0 Å². The fourth-order valence-electron chi connectivity index (χ4n) is 0.171. The third-order valence-electron chi connectivity index (χ3n) is 0.462. The second-order valence-corrected chi connectivity index (χ2v) is 1.14. The van der Waals surface area contributed by atoms with Crippen LogP contribution in [0.3, 0.4) is 0 Å². The molecular formula is C3H16N2O4. The summed E-state index contributed by atoms with van der Waals surface area (Å²) in [5.41, 5.74) is 9.87. The van der Waals surface area contributed by atoms with Crippen LogP contribution in [0, 0.1) is 0 Å². The van der Waals surface area contributed by atoms with Crippen LogP contribution in [-0.2, 0) is 0 Å². The maximum Gasteiger partial charge on any atom is 0.103 e. The Balaban J connectivity index is -0.0000000417. The van der Waals surface area contributed by atoms with Crippen molar-refractivity contribution < 1.29 is 21.5 Å². The van der Waals surface area contributed by atoms with Crippen molar-refractivity contribution in [1.29, 1.82) is 0 Å². The van der Waals surface area contributed by atoms with Gasteiger partial charge in [0.1, 0.15) is 6.23 Å². The van der Waals surface area contributed by atoms with Gasteiger partial charge in [0.2, 0.25) is 0 Å². The Bertz CT molecular complexity index is 35.0. The summed E-state index contributed by atoms with van der Waals surface area (Å²) in [6.07, 6.45) is -0.241. The zero-order valence-electron chi connectivity index (χ0n) is 5.09. The van der Waals surface area contributed by atoms with Gasteiger partial charge in [-0.15, -0.1) is 0 Å². The minimum Gasteiger partial charge on any atom is -0.412 e. The van der Waals surface area contributed by atoms with E-state index in [2.05, 4.69) is 0 Å². The summed E-state index contributed by atoms with van der Waals surface area (Å²) in [6.45, 7) is 0.456. The summed E-state index contributed by atoms with van der Waals surface area (Å²) in [5.74, 6) is 0. The smallest absolute Gasteiger partial charge is 0.103 e. The molecule has 1 unspecified atom stereocenters. The molecule has 0 heterocycles. The summed E-state index contributed by atoms with van der Waals surface area (Å²) in [6, 6.07) is 0. The number of aliphatic hydroxyl groups is 1. The van der Waals surface area contributed by atoms with E-state index in [9.17, 15) is 0 Å². The van der Waals surface area contributed by atoms with Gasteiger partial charge in [0.05, 0.1) is 0 Å². The van der Waals surface area contributed by atoms with Gasteiger partial charge in [-0.05, 0) is 13.0 Å². The lowest BCUT2D eigenvalue weighted by Crippen LogP contribution is -2.22. The Morgan fingerprint density at radius 3 is 1.56 bits per heavy atom. The lowest BCUT2D eigenvalue weighted by molar-refractivity contribution is 0.175. The first-order valence-corrected chi connectivity index (χ1v) is 1.91. The summed E-state index contributed by atoms with van der Waals surface area (Å²) in [7, 11) is 0. The van der Waals surface area contributed by atoms with Gasteiger partial charge < -0.3 is 33.0 Å². The van der Waals surface area contributed by atoms with Crippen LogP contribution >= 0.6 is 0 Å². The van der Waals surface area contributed by atoms with Crippen molar-refractivity contribution in [3.63, 3.8) is 0 Å². The Hall–Kier alpha value is -0.240. The third kappa shape index (κ3) is 33.8. The molecule has 6 heteroatoms. The van der Waals surface area contributed by atoms with Gasteiger partial charge in [-0.1, -0.05) is 0 Å². The van der Waals surface area contributed by atoms with Crippen LogP contribution in [-0.4, -0.2) is 34.3 Å². The van der Waals surface area contributed by atoms with Crippen LogP contribution in [0.25, 0.3) is 0 Å². The van der Waals surface area contributed by atoms with E-state index < -0.39 is 6.23 Å². The predicted molar refractivity (Wildman–Crippen MR) is 34.7 cm³/mol. The van der Waals surface area contributed by atoms with Gasteiger partial charge in [0.25, 0.3) is 0 Å². The van der Waals surface area contributed by atoms with Crippen LogP contribution in [0.1, 0.15) is 6.42 Å². The molecule has 0 aromatic heterocycles. The quantitative estimate of drug-likeness (QED) is 0.338. The molecule has 0 radical (unpaired) electrons. The van der Waals surface area contributed by atoms with E-state index in [-0.39, 0.29) is 16.4 Å². The van der Waals surface area contributed by atoms with Crippen LogP contribution in [0.5, 0.6) is 0 Å². The van der Waals surface area contributed by atoms with Gasteiger partial charge in [0, 0.05) is 0 Å². The molecule has 62 valence electrons. The molecule has 0 aromatic carbocycles. The fourth-order valence-corrected chi connectivity index (χ4v) is 0.171. The Labute approximate surface area is 53.4 Å². The van der Waals surface area contributed by atoms with Crippen LogP contribution in [0.4, 0.5) is 0 Å². The lowest BCUT2D eigenvalue weighted by atomic mass is 10.4. The van der Waals surface area contributed by atoms with E-state index >= 15 is 0 Å². The standard InChI is InChI=1S/C3H10N2O.3H2O/c4-2-1-3(5)6;;;/h3,6H,1-2,4-5H2;3*1H2. The number of rotatable bonds is 2. The molecule has 0 saturated carbocycles. The second-order valence-electron chi connectivity index (χ2n) is 1.14. The molecule has 0 fully saturated rings. The monoisotopic (exact) mass is 144 g/mol. The first-order chi connectivity index (χ1) is 2.77. The van der Waals surface area contributed by atoms with Gasteiger partial charge in [-0.3, -0.25) is 0 Å². The molecule has 0 bridgehead atoms.